The maximum absolute atomic E-state index is 10.7. The third-order valence-corrected chi connectivity index (χ3v) is 11.8. The normalized spacial score (nSPS) is 14.3. The van der Waals surface area contributed by atoms with E-state index in [0.717, 1.165) is 33.3 Å². The second-order valence-electron chi connectivity index (χ2n) is 9.90. The Bertz CT molecular complexity index is 882. The summed E-state index contributed by atoms with van der Waals surface area (Å²) in [7, 11) is -1.97. The summed E-state index contributed by atoms with van der Waals surface area (Å²) in [6.45, 7) is 14.2. The van der Waals surface area contributed by atoms with Crippen LogP contribution in [0, 0.1) is 0 Å². The molecule has 0 amide bonds. The SMILES string of the molecule is CC(Cc1ncc(CCCC(=O)O)s1)NCC(O[Si](C)(C)C(C)(C)C)c1cccc(Cl)c1. The first-order valence-electron chi connectivity index (χ1n) is 11.2. The molecule has 1 aromatic heterocycles. The maximum Gasteiger partial charge on any atom is 0.303 e. The van der Waals surface area contributed by atoms with E-state index in [1.165, 1.54) is 0 Å². The fraction of sp³-hybridized carbons (Fsp3) is 0.583. The molecule has 2 rings (SSSR count). The second-order valence-corrected chi connectivity index (χ2v) is 16.3. The van der Waals surface area contributed by atoms with Crippen molar-refractivity contribution in [3.8, 4) is 0 Å². The van der Waals surface area contributed by atoms with Crippen LogP contribution >= 0.6 is 22.9 Å². The van der Waals surface area contributed by atoms with Crippen LogP contribution in [0.15, 0.2) is 30.5 Å². The number of hydrogen-bond acceptors (Lipinski definition) is 5. The standard InChI is InChI=1S/C24H37ClN2O3SSi/c1-17(13-22-27-15-20(31-22)11-8-12-23(28)29)26-16-21(18-9-7-10-19(25)14-18)30-32(5,6)24(2,3)4/h7,9-10,14-15,17,21,26H,8,11-13,16H2,1-6H3,(H,28,29). The van der Waals surface area contributed by atoms with E-state index in [4.69, 9.17) is 21.1 Å². The van der Waals surface area contributed by atoms with E-state index >= 15 is 0 Å². The summed E-state index contributed by atoms with van der Waals surface area (Å²) in [5.41, 5.74) is 1.09. The highest BCUT2D eigenvalue weighted by Gasteiger charge is 2.39. The Kier molecular flexibility index (Phi) is 9.91. The lowest BCUT2D eigenvalue weighted by atomic mass is 10.1. The number of rotatable bonds is 12. The van der Waals surface area contributed by atoms with Crippen molar-refractivity contribution in [2.45, 2.75) is 83.7 Å². The van der Waals surface area contributed by atoms with Crippen LogP contribution < -0.4 is 5.32 Å². The van der Waals surface area contributed by atoms with Gasteiger partial charge < -0.3 is 14.8 Å². The highest BCUT2D eigenvalue weighted by atomic mass is 35.5. The first-order chi connectivity index (χ1) is 14.9. The summed E-state index contributed by atoms with van der Waals surface area (Å²) in [6.07, 6.45) is 4.25. The summed E-state index contributed by atoms with van der Waals surface area (Å²) in [5, 5.41) is 14.3. The molecular formula is C24H37ClN2O3SSi. The maximum atomic E-state index is 10.7. The molecule has 178 valence electrons. The van der Waals surface area contributed by atoms with Crippen molar-refractivity contribution >= 4 is 37.2 Å². The minimum absolute atomic E-state index is 0.0695. The first-order valence-corrected chi connectivity index (χ1v) is 15.3. The molecule has 2 N–H and O–H groups in total. The van der Waals surface area contributed by atoms with Crippen molar-refractivity contribution in [3.05, 3.63) is 50.9 Å². The Labute approximate surface area is 202 Å². The van der Waals surface area contributed by atoms with Crippen molar-refractivity contribution in [3.63, 3.8) is 0 Å². The van der Waals surface area contributed by atoms with Crippen LogP contribution in [0.1, 0.15) is 62.1 Å². The molecule has 5 nitrogen and oxygen atoms in total. The summed E-state index contributed by atoms with van der Waals surface area (Å²) in [5.74, 6) is -0.748. The van der Waals surface area contributed by atoms with Crippen LogP contribution in [0.25, 0.3) is 0 Å². The highest BCUT2D eigenvalue weighted by Crippen LogP contribution is 2.39. The summed E-state index contributed by atoms with van der Waals surface area (Å²) >= 11 is 7.94. The number of hydrogen-bond donors (Lipinski definition) is 2. The quantitative estimate of drug-likeness (QED) is 0.328. The summed E-state index contributed by atoms with van der Waals surface area (Å²) < 4.78 is 6.77. The molecule has 0 spiro atoms. The number of aryl methyl sites for hydroxylation is 1. The molecule has 0 aliphatic rings. The lowest BCUT2D eigenvalue weighted by Gasteiger charge is -2.39. The molecule has 0 saturated heterocycles. The minimum atomic E-state index is -1.97. The fourth-order valence-electron chi connectivity index (χ4n) is 3.08. The zero-order chi connectivity index (χ0) is 23.9. The predicted molar refractivity (Wildman–Crippen MR) is 136 cm³/mol. The van der Waals surface area contributed by atoms with Gasteiger partial charge in [0.15, 0.2) is 8.32 Å². The van der Waals surface area contributed by atoms with Gasteiger partial charge in [-0.25, -0.2) is 4.98 Å². The number of carbonyl (C=O) groups is 1. The van der Waals surface area contributed by atoms with E-state index in [0.29, 0.717) is 13.0 Å². The lowest BCUT2D eigenvalue weighted by Crippen LogP contribution is -2.44. The van der Waals surface area contributed by atoms with E-state index in [2.05, 4.69) is 57.2 Å². The summed E-state index contributed by atoms with van der Waals surface area (Å²) in [6, 6.07) is 8.18. The van der Waals surface area contributed by atoms with E-state index in [9.17, 15) is 4.79 Å². The van der Waals surface area contributed by atoms with Gasteiger partial charge in [0.1, 0.15) is 0 Å². The Morgan fingerprint density at radius 2 is 2.06 bits per heavy atom. The Balaban J connectivity index is 1.99. The molecule has 0 bridgehead atoms. The number of halogens is 1. The molecule has 32 heavy (non-hydrogen) atoms. The molecule has 0 aliphatic heterocycles. The van der Waals surface area contributed by atoms with Crippen molar-refractivity contribution in [1.29, 1.82) is 0 Å². The molecule has 2 unspecified atom stereocenters. The fourth-order valence-corrected chi connectivity index (χ4v) is 5.66. The molecule has 0 fully saturated rings. The van der Waals surface area contributed by atoms with Gasteiger partial charge in [0, 0.05) is 41.5 Å². The number of thiazole rings is 1. The Morgan fingerprint density at radius 3 is 2.69 bits per heavy atom. The van der Waals surface area contributed by atoms with Gasteiger partial charge in [-0.3, -0.25) is 4.79 Å². The van der Waals surface area contributed by atoms with Gasteiger partial charge >= 0.3 is 5.97 Å². The summed E-state index contributed by atoms with van der Waals surface area (Å²) in [4.78, 5) is 16.4. The number of aliphatic carboxylic acids is 1. The van der Waals surface area contributed by atoms with E-state index in [-0.39, 0.29) is 23.6 Å². The number of carboxylic acids is 1. The van der Waals surface area contributed by atoms with Crippen LogP contribution in [-0.2, 0) is 22.1 Å². The van der Waals surface area contributed by atoms with Crippen LogP contribution in [0.5, 0.6) is 0 Å². The van der Waals surface area contributed by atoms with Gasteiger partial charge in [-0.05, 0) is 55.6 Å². The minimum Gasteiger partial charge on any atom is -0.481 e. The molecule has 0 aliphatic carbocycles. The van der Waals surface area contributed by atoms with Gasteiger partial charge in [0.2, 0.25) is 0 Å². The van der Waals surface area contributed by atoms with E-state index in [1.54, 1.807) is 11.3 Å². The molecule has 8 heteroatoms. The monoisotopic (exact) mass is 496 g/mol. The van der Waals surface area contributed by atoms with Crippen LogP contribution in [0.4, 0.5) is 0 Å². The molecule has 0 radical (unpaired) electrons. The molecule has 2 aromatic rings. The third kappa shape index (κ3) is 8.59. The number of nitrogens with one attached hydrogen (secondary N) is 1. The average molecular weight is 497 g/mol. The van der Waals surface area contributed by atoms with Gasteiger partial charge in [-0.15, -0.1) is 11.3 Å². The molecular weight excluding hydrogens is 460 g/mol. The number of nitrogens with zero attached hydrogens (tertiary/aromatic N) is 1. The van der Waals surface area contributed by atoms with Crippen LogP contribution in [-0.4, -0.2) is 37.0 Å². The van der Waals surface area contributed by atoms with Crippen molar-refractivity contribution in [2.75, 3.05) is 6.54 Å². The zero-order valence-corrected chi connectivity index (χ0v) is 22.6. The van der Waals surface area contributed by atoms with E-state index < -0.39 is 14.3 Å². The van der Waals surface area contributed by atoms with E-state index in [1.807, 2.05) is 24.4 Å². The van der Waals surface area contributed by atoms with Gasteiger partial charge in [0.25, 0.3) is 0 Å². The molecule has 2 atom stereocenters. The second kappa shape index (κ2) is 11.7. The Hall–Kier alpha value is -1.25. The first kappa shape index (κ1) is 27.0. The van der Waals surface area contributed by atoms with Gasteiger partial charge in [-0.1, -0.05) is 44.5 Å². The molecule has 0 saturated carbocycles. The number of aromatic nitrogens is 1. The largest absolute Gasteiger partial charge is 0.481 e. The number of benzene rings is 1. The topological polar surface area (TPSA) is 71.5 Å². The van der Waals surface area contributed by atoms with Gasteiger partial charge in [0.05, 0.1) is 11.1 Å². The number of carboxylic acid groups (broad SMARTS) is 1. The molecule has 1 aromatic carbocycles. The van der Waals surface area contributed by atoms with Crippen molar-refractivity contribution in [1.82, 2.24) is 10.3 Å². The van der Waals surface area contributed by atoms with Crippen molar-refractivity contribution in [2.24, 2.45) is 0 Å². The van der Waals surface area contributed by atoms with Crippen molar-refractivity contribution < 1.29 is 14.3 Å². The lowest BCUT2D eigenvalue weighted by molar-refractivity contribution is -0.137. The average Bonchev–Trinajstić information content (AvgIpc) is 3.11. The Morgan fingerprint density at radius 1 is 1.34 bits per heavy atom. The van der Waals surface area contributed by atoms with Crippen LogP contribution in [0.2, 0.25) is 23.2 Å². The highest BCUT2D eigenvalue weighted by molar-refractivity contribution is 7.11. The predicted octanol–water partition coefficient (Wildman–Crippen LogP) is 6.49. The van der Waals surface area contributed by atoms with Gasteiger partial charge in [-0.2, -0.15) is 0 Å². The smallest absolute Gasteiger partial charge is 0.303 e. The molecule has 1 heterocycles. The van der Waals surface area contributed by atoms with Crippen LogP contribution in [0.3, 0.4) is 0 Å². The third-order valence-electron chi connectivity index (χ3n) is 6.01. The zero-order valence-electron chi connectivity index (χ0n) is 20.1.